The van der Waals surface area contributed by atoms with Crippen molar-refractivity contribution in [2.75, 3.05) is 138 Å². The zero-order valence-electron chi connectivity index (χ0n) is 75.3. The van der Waals surface area contributed by atoms with Crippen LogP contribution >= 0.6 is 0 Å². The van der Waals surface area contributed by atoms with Crippen LogP contribution in [0.3, 0.4) is 0 Å². The van der Waals surface area contributed by atoms with Gasteiger partial charge in [-0.3, -0.25) is 39.6 Å². The van der Waals surface area contributed by atoms with E-state index >= 15 is 0 Å². The number of halogens is 2. The molecular formula is C99H124F2N20O5. The first kappa shape index (κ1) is 85.4. The average Bonchev–Trinajstić information content (AvgIpc) is 1.64. The summed E-state index contributed by atoms with van der Waals surface area (Å²) in [4.78, 5) is 74.5. The third-order valence-electron chi connectivity index (χ3n) is 29.4. The topological polar surface area (TPSA) is 225 Å². The number of ether oxygens (including phenoxy) is 5. The standard InChI is InChI=1S/2C26H33N5O.C24H31N5O2.C23H27F2N5O/c1-18(25(2)6-7-25)30-10-12-31(13-11-30)23-15-22(28-17-29-23)24-21-14-20(32-26(3)8-9-26)5-4-19(21)16-27-24;1-18(19-4-3-5-19)30-10-12-31(13-11-30)24-15-23(28-17-29-24)25-22-14-21(32-26(2)8-9-26)7-6-20(22)16-27-25;1-17(15-30-3)28-8-10-29(11-9-28)22-13-21(26-16-27-22)23-20-12-19(31-24(2)6-7-24)5-4-18(20)14-25-23;1-15(22(24)25)29-7-9-30(10-8-29)20-12-19(27-14-28-20)21-18-11-17(31-23(2)5-6-23)4-3-16(18)13-26-21/h4-5,14-15,17-18H,6-13,16H2,1-3H3;6-7,14-15,17-19H,3-5,8-13,16H2,1-2H3;4-5,12-13,16-17H,6-11,14-15H2,1-3H3;3-4,11-12,14-15,22H,5-10,13H2,1-2H3. The zero-order valence-corrected chi connectivity index (χ0v) is 75.3. The van der Waals surface area contributed by atoms with Crippen molar-refractivity contribution in [1.82, 2.24) is 59.5 Å². The molecule has 0 amide bonds. The highest BCUT2D eigenvalue weighted by Gasteiger charge is 2.47. The molecule has 0 N–H and O–H groups in total. The lowest BCUT2D eigenvalue weighted by molar-refractivity contribution is 0.0318. The van der Waals surface area contributed by atoms with Crippen LogP contribution in [-0.4, -0.2) is 254 Å². The van der Waals surface area contributed by atoms with Gasteiger partial charge in [-0.15, -0.1) is 0 Å². The molecule has 22 rings (SSSR count). The molecule has 126 heavy (non-hydrogen) atoms. The summed E-state index contributed by atoms with van der Waals surface area (Å²) in [7, 11) is 1.76. The maximum Gasteiger partial charge on any atom is 0.253 e. The molecule has 10 fully saturated rings. The summed E-state index contributed by atoms with van der Waals surface area (Å²) in [5, 5.41) is 0. The molecule has 27 heteroatoms. The lowest BCUT2D eigenvalue weighted by atomic mass is 9.79. The van der Waals surface area contributed by atoms with Crippen LogP contribution < -0.4 is 38.5 Å². The third kappa shape index (κ3) is 19.4. The van der Waals surface area contributed by atoms with Crippen molar-refractivity contribution in [1.29, 1.82) is 0 Å². The Balaban J connectivity index is 0.000000110. The Morgan fingerprint density at radius 2 is 0.651 bits per heavy atom. The highest BCUT2D eigenvalue weighted by Crippen LogP contribution is 2.51. The van der Waals surface area contributed by atoms with Crippen LogP contribution in [0, 0.1) is 11.3 Å². The molecule has 25 nitrogen and oxygen atoms in total. The molecule has 0 bridgehead atoms. The minimum atomic E-state index is -2.32. The van der Waals surface area contributed by atoms with Crippen LogP contribution in [0.1, 0.15) is 213 Å². The Morgan fingerprint density at radius 3 is 0.921 bits per heavy atom. The maximum absolute atomic E-state index is 13.0. The average molecular weight is 1710 g/mol. The largest absolute Gasteiger partial charge is 0.488 e. The first-order valence-corrected chi connectivity index (χ1v) is 46.5. The van der Waals surface area contributed by atoms with Gasteiger partial charge in [0.05, 0.1) is 84.5 Å². The van der Waals surface area contributed by atoms with Crippen LogP contribution in [0.2, 0.25) is 0 Å². The minimum absolute atomic E-state index is 0.00906. The van der Waals surface area contributed by atoms with E-state index in [4.69, 9.17) is 43.7 Å². The van der Waals surface area contributed by atoms with Gasteiger partial charge in [-0.05, 0) is 215 Å². The number of fused-ring (bicyclic) bond motifs is 4. The SMILES string of the molecule is CC(C(F)F)N1CCN(c2cc(C3=NCc4ccc(OC5(C)CC5)cc43)ncn2)CC1.CC(C1CCC1)N1CCN(c2cc(C3=NCc4ccc(OC5(C)CC5)cc43)ncn2)CC1.CC(N1CCN(c2cc(C3=NCc4ccc(OC5(C)CC5)cc43)ncn2)CC1)C1(C)CC1.COCC(C)N1CCN(c2cc(C3=NCc4ccc(OC5(C)CC5)cc43)ncn2)CC1. The zero-order chi connectivity index (χ0) is 86.6. The van der Waals surface area contributed by atoms with Crippen molar-refractivity contribution in [3.63, 3.8) is 0 Å². The molecule has 4 saturated heterocycles. The van der Waals surface area contributed by atoms with Crippen molar-refractivity contribution in [2.45, 2.75) is 225 Å². The van der Waals surface area contributed by atoms with Gasteiger partial charge in [-0.2, -0.15) is 0 Å². The number of nitrogens with zero attached hydrogens (tertiary/aromatic N) is 20. The molecule has 4 aromatic carbocycles. The summed E-state index contributed by atoms with van der Waals surface area (Å²) in [6.07, 6.45) is 20.2. The molecule has 14 aliphatic rings. The number of aliphatic imine (C=N–C) groups is 4. The monoisotopic (exact) mass is 1710 g/mol. The summed E-state index contributed by atoms with van der Waals surface area (Å²) in [5.74, 6) is 8.36. The summed E-state index contributed by atoms with van der Waals surface area (Å²) in [6.45, 7) is 38.1. The van der Waals surface area contributed by atoms with Crippen LogP contribution in [-0.2, 0) is 30.9 Å². The lowest BCUT2D eigenvalue weighted by Gasteiger charge is -2.43. The van der Waals surface area contributed by atoms with Crippen molar-refractivity contribution in [3.8, 4) is 23.0 Å². The molecule has 8 aromatic rings. The van der Waals surface area contributed by atoms with Crippen LogP contribution in [0.15, 0.2) is 142 Å². The highest BCUT2D eigenvalue weighted by atomic mass is 19.3. The summed E-state index contributed by atoms with van der Waals surface area (Å²) in [5.41, 5.74) is 17.1. The molecule has 4 unspecified atom stereocenters. The van der Waals surface area contributed by atoms with E-state index in [2.05, 4.69) is 214 Å². The lowest BCUT2D eigenvalue weighted by Crippen LogP contribution is -2.52. The number of alkyl halides is 2. The first-order chi connectivity index (χ1) is 61.0. The van der Waals surface area contributed by atoms with Crippen molar-refractivity contribution in [2.24, 2.45) is 31.3 Å². The first-order valence-electron chi connectivity index (χ1n) is 46.5. The minimum Gasteiger partial charge on any atom is -0.488 e. The van der Waals surface area contributed by atoms with Crippen molar-refractivity contribution >= 4 is 46.1 Å². The van der Waals surface area contributed by atoms with E-state index in [-0.39, 0.29) is 22.4 Å². The van der Waals surface area contributed by atoms with Gasteiger partial charge in [0.25, 0.3) is 6.43 Å². The Kier molecular flexibility index (Phi) is 24.1. The van der Waals surface area contributed by atoms with Crippen LogP contribution in [0.25, 0.3) is 0 Å². The van der Waals surface area contributed by atoms with Gasteiger partial charge in [0.2, 0.25) is 0 Å². The van der Waals surface area contributed by atoms with E-state index < -0.39 is 12.5 Å². The molecule has 4 atom stereocenters. The molecule has 8 aliphatic heterocycles. The van der Waals surface area contributed by atoms with E-state index in [0.29, 0.717) is 75.9 Å². The number of anilines is 4. The Hall–Kier alpha value is -10.1. The van der Waals surface area contributed by atoms with Crippen LogP contribution in [0.4, 0.5) is 32.1 Å². The fraction of sp³-hybridized carbons (Fsp3) is 0.556. The molecule has 6 aliphatic carbocycles. The molecule has 12 heterocycles. The summed E-state index contributed by atoms with van der Waals surface area (Å²) in [6, 6.07) is 34.6. The van der Waals surface area contributed by atoms with E-state index in [9.17, 15) is 8.78 Å². The Bertz CT molecular complexity index is 5400. The van der Waals surface area contributed by atoms with Gasteiger partial charge in [0.1, 0.15) is 94.0 Å². The van der Waals surface area contributed by atoms with E-state index in [0.717, 1.165) is 262 Å². The molecule has 0 radical (unpaired) electrons. The second-order valence-corrected chi connectivity index (χ2v) is 38.9. The van der Waals surface area contributed by atoms with E-state index in [1.54, 1.807) is 39.3 Å². The van der Waals surface area contributed by atoms with Gasteiger partial charge in [0, 0.05) is 176 Å². The quantitative estimate of drug-likeness (QED) is 0.0518. The van der Waals surface area contributed by atoms with E-state index in [1.807, 2.05) is 17.0 Å². The molecule has 0 spiro atoms. The predicted molar refractivity (Wildman–Crippen MR) is 490 cm³/mol. The van der Waals surface area contributed by atoms with Crippen LogP contribution in [0.5, 0.6) is 23.0 Å². The number of hydrogen-bond acceptors (Lipinski definition) is 25. The predicted octanol–water partition coefficient (Wildman–Crippen LogP) is 14.6. The van der Waals surface area contributed by atoms with Gasteiger partial charge in [-0.1, -0.05) is 37.6 Å². The number of hydrogen-bond donors (Lipinski definition) is 0. The van der Waals surface area contributed by atoms with Gasteiger partial charge < -0.3 is 43.3 Å². The smallest absolute Gasteiger partial charge is 0.253 e. The number of methoxy groups -OCH3 is 1. The fourth-order valence-electron chi connectivity index (χ4n) is 18.9. The van der Waals surface area contributed by atoms with E-state index in [1.165, 1.54) is 48.8 Å². The summed E-state index contributed by atoms with van der Waals surface area (Å²) >= 11 is 0. The number of aromatic nitrogens is 8. The third-order valence-corrected chi connectivity index (χ3v) is 29.4. The second-order valence-electron chi connectivity index (χ2n) is 38.9. The van der Waals surface area contributed by atoms with Gasteiger partial charge >= 0.3 is 0 Å². The Morgan fingerprint density at radius 1 is 0.357 bits per heavy atom. The molecular weight excluding hydrogens is 1590 g/mol. The molecule has 4 aromatic heterocycles. The number of benzene rings is 4. The van der Waals surface area contributed by atoms with Gasteiger partial charge in [-0.25, -0.2) is 48.7 Å². The Labute approximate surface area is 741 Å². The normalized spacial score (nSPS) is 22.3. The molecule has 664 valence electrons. The van der Waals surface area contributed by atoms with Crippen molar-refractivity contribution in [3.05, 3.63) is 190 Å². The van der Waals surface area contributed by atoms with Crippen molar-refractivity contribution < 1.29 is 32.5 Å². The van der Waals surface area contributed by atoms with Gasteiger partial charge in [0.15, 0.2) is 0 Å². The maximum atomic E-state index is 13.0. The number of piperazine rings is 4. The second kappa shape index (κ2) is 35.5. The highest BCUT2D eigenvalue weighted by molar-refractivity contribution is 6.16. The number of rotatable bonds is 25. The summed E-state index contributed by atoms with van der Waals surface area (Å²) < 4.78 is 56.0. The fourth-order valence-corrected chi connectivity index (χ4v) is 18.9. The molecule has 6 saturated carbocycles.